The molecule has 27 heavy (non-hydrogen) atoms. The maximum atomic E-state index is 12.1. The number of benzene rings is 2. The van der Waals surface area contributed by atoms with E-state index in [1.807, 2.05) is 42.5 Å². The van der Waals surface area contributed by atoms with E-state index in [-0.39, 0.29) is 5.91 Å². The standard InChI is InChI=1S/C22H26BrNO3/c1-3-4-5-6-15-27-20-13-7-17(16-21(20)26-2)8-14-22(25)24-19-11-9-18(23)10-12-19/h7-14,16H,3-6,15H2,1-2H3,(H,24,25)/b14-8+. The number of methoxy groups -OCH3 is 1. The van der Waals surface area contributed by atoms with Crippen LogP contribution >= 0.6 is 15.9 Å². The van der Waals surface area contributed by atoms with Crippen molar-refractivity contribution in [1.82, 2.24) is 0 Å². The van der Waals surface area contributed by atoms with Crippen molar-refractivity contribution in [3.63, 3.8) is 0 Å². The molecular weight excluding hydrogens is 406 g/mol. The maximum absolute atomic E-state index is 12.1. The first-order valence-electron chi connectivity index (χ1n) is 9.18. The highest BCUT2D eigenvalue weighted by atomic mass is 79.9. The lowest BCUT2D eigenvalue weighted by atomic mass is 10.2. The van der Waals surface area contributed by atoms with E-state index in [9.17, 15) is 4.79 Å². The van der Waals surface area contributed by atoms with E-state index in [1.54, 1.807) is 13.2 Å². The molecule has 1 amide bonds. The van der Waals surface area contributed by atoms with Crippen molar-refractivity contribution >= 4 is 33.6 Å². The Morgan fingerprint density at radius 2 is 1.85 bits per heavy atom. The number of halogens is 1. The number of hydrogen-bond acceptors (Lipinski definition) is 3. The molecule has 2 aromatic carbocycles. The van der Waals surface area contributed by atoms with Crippen molar-refractivity contribution in [1.29, 1.82) is 0 Å². The molecule has 0 aliphatic carbocycles. The van der Waals surface area contributed by atoms with Crippen LogP contribution in [0.1, 0.15) is 38.2 Å². The molecule has 0 heterocycles. The van der Waals surface area contributed by atoms with Crippen LogP contribution in [0.4, 0.5) is 5.69 Å². The molecule has 1 N–H and O–H groups in total. The van der Waals surface area contributed by atoms with E-state index in [1.165, 1.54) is 25.3 Å². The molecule has 144 valence electrons. The lowest BCUT2D eigenvalue weighted by Gasteiger charge is -2.11. The van der Waals surface area contributed by atoms with Crippen molar-refractivity contribution in [2.24, 2.45) is 0 Å². The van der Waals surface area contributed by atoms with Gasteiger partial charge in [0.15, 0.2) is 11.5 Å². The third kappa shape index (κ3) is 7.47. The normalized spacial score (nSPS) is 10.8. The second kappa shape index (κ2) is 11.4. The van der Waals surface area contributed by atoms with Crippen LogP contribution in [-0.2, 0) is 4.79 Å². The van der Waals surface area contributed by atoms with Crippen LogP contribution in [0.15, 0.2) is 53.0 Å². The zero-order valence-corrected chi connectivity index (χ0v) is 17.4. The summed E-state index contributed by atoms with van der Waals surface area (Å²) in [6.45, 7) is 2.87. The Bertz CT molecular complexity index is 757. The van der Waals surface area contributed by atoms with Crippen molar-refractivity contribution in [2.45, 2.75) is 32.6 Å². The van der Waals surface area contributed by atoms with Crippen LogP contribution in [0, 0.1) is 0 Å². The maximum Gasteiger partial charge on any atom is 0.248 e. The number of anilines is 1. The van der Waals surface area contributed by atoms with Gasteiger partial charge in [0.1, 0.15) is 0 Å². The predicted octanol–water partition coefficient (Wildman–Crippen LogP) is 6.07. The number of unbranched alkanes of at least 4 members (excludes halogenated alkanes) is 3. The minimum atomic E-state index is -0.187. The number of hydrogen-bond donors (Lipinski definition) is 1. The van der Waals surface area contributed by atoms with Gasteiger partial charge in [0.2, 0.25) is 5.91 Å². The van der Waals surface area contributed by atoms with Gasteiger partial charge in [-0.15, -0.1) is 0 Å². The second-order valence-corrected chi connectivity index (χ2v) is 7.06. The Balaban J connectivity index is 1.92. The van der Waals surface area contributed by atoms with Crippen LogP contribution in [0.25, 0.3) is 6.08 Å². The van der Waals surface area contributed by atoms with E-state index in [0.717, 1.165) is 27.9 Å². The van der Waals surface area contributed by atoms with Gasteiger partial charge in [0, 0.05) is 16.2 Å². The van der Waals surface area contributed by atoms with Crippen molar-refractivity contribution in [3.8, 4) is 11.5 Å². The van der Waals surface area contributed by atoms with Crippen LogP contribution in [0.5, 0.6) is 11.5 Å². The molecule has 0 atom stereocenters. The number of ether oxygens (including phenoxy) is 2. The molecule has 0 bridgehead atoms. The topological polar surface area (TPSA) is 47.6 Å². The van der Waals surface area contributed by atoms with Gasteiger partial charge in [-0.1, -0.05) is 48.2 Å². The molecule has 2 aromatic rings. The fourth-order valence-corrected chi connectivity index (χ4v) is 2.77. The predicted molar refractivity (Wildman–Crippen MR) is 114 cm³/mol. The lowest BCUT2D eigenvalue weighted by molar-refractivity contribution is -0.111. The van der Waals surface area contributed by atoms with Crippen LogP contribution in [0.2, 0.25) is 0 Å². The summed E-state index contributed by atoms with van der Waals surface area (Å²) < 4.78 is 12.2. The van der Waals surface area contributed by atoms with Crippen molar-refractivity contribution < 1.29 is 14.3 Å². The fraction of sp³-hybridized carbons (Fsp3) is 0.318. The third-order valence-electron chi connectivity index (χ3n) is 3.98. The van der Waals surface area contributed by atoms with Gasteiger partial charge >= 0.3 is 0 Å². The summed E-state index contributed by atoms with van der Waals surface area (Å²) in [5, 5.41) is 2.82. The van der Waals surface area contributed by atoms with E-state index in [2.05, 4.69) is 28.2 Å². The zero-order valence-electron chi connectivity index (χ0n) is 15.8. The number of nitrogens with one attached hydrogen (secondary N) is 1. The first-order chi connectivity index (χ1) is 13.1. The average molecular weight is 432 g/mol. The number of rotatable bonds is 10. The molecule has 0 aliphatic rings. The molecule has 0 fully saturated rings. The summed E-state index contributed by atoms with van der Waals surface area (Å²) in [5.41, 5.74) is 1.62. The Morgan fingerprint density at radius 3 is 2.56 bits per heavy atom. The summed E-state index contributed by atoms with van der Waals surface area (Å²) >= 11 is 3.37. The molecule has 0 aromatic heterocycles. The van der Waals surface area contributed by atoms with E-state index < -0.39 is 0 Å². The van der Waals surface area contributed by atoms with Gasteiger partial charge in [-0.25, -0.2) is 0 Å². The summed E-state index contributed by atoms with van der Waals surface area (Å²) in [4.78, 5) is 12.1. The Labute approximate surface area is 169 Å². The molecule has 0 radical (unpaired) electrons. The minimum Gasteiger partial charge on any atom is -0.493 e. The number of carbonyl (C=O) groups excluding carboxylic acids is 1. The third-order valence-corrected chi connectivity index (χ3v) is 4.51. The van der Waals surface area contributed by atoms with Gasteiger partial charge in [-0.2, -0.15) is 0 Å². The van der Waals surface area contributed by atoms with Gasteiger partial charge in [0.05, 0.1) is 13.7 Å². The highest BCUT2D eigenvalue weighted by Crippen LogP contribution is 2.28. The highest BCUT2D eigenvalue weighted by molar-refractivity contribution is 9.10. The minimum absolute atomic E-state index is 0.187. The molecule has 0 saturated carbocycles. The molecule has 0 spiro atoms. The Kier molecular flexibility index (Phi) is 8.92. The first-order valence-corrected chi connectivity index (χ1v) is 9.97. The number of amides is 1. The Morgan fingerprint density at radius 1 is 1.07 bits per heavy atom. The molecular formula is C22H26BrNO3. The van der Waals surface area contributed by atoms with E-state index in [0.29, 0.717) is 12.4 Å². The van der Waals surface area contributed by atoms with Gasteiger partial charge < -0.3 is 14.8 Å². The van der Waals surface area contributed by atoms with Crippen LogP contribution in [0.3, 0.4) is 0 Å². The highest BCUT2D eigenvalue weighted by Gasteiger charge is 2.05. The largest absolute Gasteiger partial charge is 0.493 e. The molecule has 5 heteroatoms. The van der Waals surface area contributed by atoms with Crippen molar-refractivity contribution in [2.75, 3.05) is 19.0 Å². The van der Waals surface area contributed by atoms with Gasteiger partial charge in [-0.3, -0.25) is 4.79 Å². The SMILES string of the molecule is CCCCCCOc1ccc(/C=C/C(=O)Nc2ccc(Br)cc2)cc1OC. The monoisotopic (exact) mass is 431 g/mol. The average Bonchev–Trinajstić information content (AvgIpc) is 2.68. The van der Waals surface area contributed by atoms with Crippen LogP contribution < -0.4 is 14.8 Å². The van der Waals surface area contributed by atoms with Crippen LogP contribution in [-0.4, -0.2) is 19.6 Å². The molecule has 0 saturated heterocycles. The quantitative estimate of drug-likeness (QED) is 0.366. The van der Waals surface area contributed by atoms with Gasteiger partial charge in [0.25, 0.3) is 0 Å². The summed E-state index contributed by atoms with van der Waals surface area (Å²) in [7, 11) is 1.62. The second-order valence-electron chi connectivity index (χ2n) is 6.15. The lowest BCUT2D eigenvalue weighted by Crippen LogP contribution is -2.07. The molecule has 4 nitrogen and oxygen atoms in total. The smallest absolute Gasteiger partial charge is 0.248 e. The zero-order chi connectivity index (χ0) is 19.5. The van der Waals surface area contributed by atoms with Crippen molar-refractivity contribution in [3.05, 3.63) is 58.6 Å². The van der Waals surface area contributed by atoms with Gasteiger partial charge in [-0.05, 0) is 54.5 Å². The molecule has 2 rings (SSSR count). The molecule has 0 aliphatic heterocycles. The summed E-state index contributed by atoms with van der Waals surface area (Å²) in [6.07, 6.45) is 7.90. The first kappa shape index (κ1) is 21.0. The van der Waals surface area contributed by atoms with E-state index >= 15 is 0 Å². The Hall–Kier alpha value is -2.27. The fourth-order valence-electron chi connectivity index (χ4n) is 2.51. The van der Waals surface area contributed by atoms with E-state index in [4.69, 9.17) is 9.47 Å². The molecule has 0 unspecified atom stereocenters. The number of carbonyl (C=O) groups is 1. The summed E-state index contributed by atoms with van der Waals surface area (Å²) in [6, 6.07) is 13.1. The summed E-state index contributed by atoms with van der Waals surface area (Å²) in [5.74, 6) is 1.21.